The highest BCUT2D eigenvalue weighted by molar-refractivity contribution is 7.18. The Labute approximate surface area is 133 Å². The Kier molecular flexibility index (Phi) is 3.03. The number of benzene rings is 3. The van der Waals surface area contributed by atoms with Crippen molar-refractivity contribution in [2.24, 2.45) is 0 Å². The molecule has 0 spiro atoms. The average Bonchev–Trinajstić information content (AvgIpc) is 2.86. The molecule has 1 heteroatoms. The molecule has 0 aliphatic heterocycles. The highest BCUT2D eigenvalue weighted by Crippen LogP contribution is 2.51. The standard InChI is InChI=1S/C21H17P/c1-15-11-12-18-17-9-5-6-10-19(17)21(14-22,20(18)13-15)16-7-3-2-4-8-16/h2-14,22H,1H3. The van der Waals surface area contributed by atoms with Gasteiger partial charge < -0.3 is 0 Å². The maximum Gasteiger partial charge on any atom is 0.0683 e. The second-order valence-corrected chi connectivity index (χ2v) is 6.20. The first kappa shape index (κ1) is 13.5. The van der Waals surface area contributed by atoms with Crippen LogP contribution in [0.15, 0.2) is 72.8 Å². The van der Waals surface area contributed by atoms with Gasteiger partial charge in [0.2, 0.25) is 0 Å². The summed E-state index contributed by atoms with van der Waals surface area (Å²) >= 11 is 0. The molecule has 0 aromatic heterocycles. The Balaban J connectivity index is 2.15. The predicted octanol–water partition coefficient (Wildman–Crippen LogP) is 5.25. The molecule has 0 radical (unpaired) electrons. The van der Waals surface area contributed by atoms with Crippen molar-refractivity contribution in [3.63, 3.8) is 0 Å². The Hall–Kier alpha value is -2.17. The minimum atomic E-state index is -0.226. The third-order valence-corrected chi connectivity index (χ3v) is 5.12. The molecule has 0 nitrogen and oxygen atoms in total. The summed E-state index contributed by atoms with van der Waals surface area (Å²) in [6.45, 7) is 2.16. The molecule has 0 amide bonds. The molecule has 0 fully saturated rings. The maximum absolute atomic E-state index is 3.77. The lowest BCUT2D eigenvalue weighted by molar-refractivity contribution is 0.886. The van der Waals surface area contributed by atoms with Crippen LogP contribution in [0.5, 0.6) is 0 Å². The van der Waals surface area contributed by atoms with Gasteiger partial charge in [0.25, 0.3) is 0 Å². The van der Waals surface area contributed by atoms with Crippen LogP contribution in [0.25, 0.3) is 11.1 Å². The van der Waals surface area contributed by atoms with E-state index in [2.05, 4.69) is 94.4 Å². The third kappa shape index (κ3) is 1.68. The molecule has 0 saturated carbocycles. The van der Waals surface area contributed by atoms with Crippen LogP contribution in [0.4, 0.5) is 0 Å². The van der Waals surface area contributed by atoms with E-state index in [1.165, 1.54) is 33.4 Å². The zero-order valence-electron chi connectivity index (χ0n) is 12.5. The van der Waals surface area contributed by atoms with E-state index in [4.69, 9.17) is 0 Å². The first-order valence-corrected chi connectivity index (χ1v) is 8.13. The van der Waals surface area contributed by atoms with Crippen molar-refractivity contribution in [3.8, 4) is 11.1 Å². The molecule has 1 aliphatic rings. The van der Waals surface area contributed by atoms with Crippen molar-refractivity contribution in [2.45, 2.75) is 12.3 Å². The van der Waals surface area contributed by atoms with Crippen LogP contribution in [0.3, 0.4) is 0 Å². The van der Waals surface area contributed by atoms with Gasteiger partial charge >= 0.3 is 0 Å². The minimum Gasteiger partial charge on any atom is -0.125 e. The summed E-state index contributed by atoms with van der Waals surface area (Å²) in [7, 11) is 3.77. The smallest absolute Gasteiger partial charge is 0.0683 e. The zero-order chi connectivity index (χ0) is 15.2. The SMILES string of the molecule is Cc1ccc2c(c1)C(C=P)(c1ccccc1)c1ccccc1-2. The van der Waals surface area contributed by atoms with E-state index in [1.807, 2.05) is 0 Å². The van der Waals surface area contributed by atoms with E-state index in [-0.39, 0.29) is 5.41 Å². The number of hydrogen-bond acceptors (Lipinski definition) is 0. The molecule has 4 rings (SSSR count). The van der Waals surface area contributed by atoms with Crippen molar-refractivity contribution in [1.29, 1.82) is 0 Å². The van der Waals surface area contributed by atoms with Crippen LogP contribution in [-0.4, -0.2) is 5.80 Å². The fraction of sp³-hybridized carbons (Fsp3) is 0.0952. The van der Waals surface area contributed by atoms with Crippen LogP contribution in [0.1, 0.15) is 22.3 Å². The molecule has 0 bridgehead atoms. The Morgan fingerprint density at radius 1 is 0.773 bits per heavy atom. The molecule has 106 valence electrons. The monoisotopic (exact) mass is 300 g/mol. The van der Waals surface area contributed by atoms with Gasteiger partial charge in [-0.2, -0.15) is 0 Å². The summed E-state index contributed by atoms with van der Waals surface area (Å²) < 4.78 is 0. The number of aryl methyl sites for hydroxylation is 1. The van der Waals surface area contributed by atoms with E-state index >= 15 is 0 Å². The summed E-state index contributed by atoms with van der Waals surface area (Å²) in [6.07, 6.45) is 0. The van der Waals surface area contributed by atoms with Gasteiger partial charge in [-0.1, -0.05) is 78.4 Å². The Morgan fingerprint density at radius 2 is 1.45 bits per heavy atom. The average molecular weight is 300 g/mol. The van der Waals surface area contributed by atoms with Crippen molar-refractivity contribution in [3.05, 3.63) is 95.1 Å². The number of fused-ring (bicyclic) bond motifs is 3. The highest BCUT2D eigenvalue weighted by Gasteiger charge is 2.42. The van der Waals surface area contributed by atoms with E-state index in [9.17, 15) is 0 Å². The second kappa shape index (κ2) is 4.93. The normalized spacial score (nSPS) is 18.6. The van der Waals surface area contributed by atoms with Crippen LogP contribution in [0.2, 0.25) is 0 Å². The van der Waals surface area contributed by atoms with Crippen molar-refractivity contribution in [2.75, 3.05) is 0 Å². The van der Waals surface area contributed by atoms with E-state index < -0.39 is 0 Å². The Bertz CT molecular complexity index is 864. The highest BCUT2D eigenvalue weighted by atomic mass is 31.0. The molecule has 1 aliphatic carbocycles. The Morgan fingerprint density at radius 3 is 2.23 bits per heavy atom. The van der Waals surface area contributed by atoms with Gasteiger partial charge in [0, 0.05) is 0 Å². The summed E-state index contributed by atoms with van der Waals surface area (Å²) in [5, 5.41) is 0. The van der Waals surface area contributed by atoms with Gasteiger partial charge in [0.05, 0.1) is 5.41 Å². The molecule has 0 heterocycles. The van der Waals surface area contributed by atoms with Crippen LogP contribution >= 0.6 is 8.86 Å². The molecule has 1 unspecified atom stereocenters. The molecular weight excluding hydrogens is 283 g/mol. The summed E-state index contributed by atoms with van der Waals surface area (Å²) in [4.78, 5) is 0. The number of rotatable bonds is 2. The van der Waals surface area contributed by atoms with Crippen molar-refractivity contribution >= 4 is 14.7 Å². The molecule has 3 aromatic carbocycles. The van der Waals surface area contributed by atoms with E-state index in [0.717, 1.165) is 0 Å². The molecular formula is C21H17P. The lowest BCUT2D eigenvalue weighted by atomic mass is 9.74. The molecule has 3 aromatic rings. The molecule has 22 heavy (non-hydrogen) atoms. The largest absolute Gasteiger partial charge is 0.125 e. The van der Waals surface area contributed by atoms with Gasteiger partial charge in [0.1, 0.15) is 0 Å². The van der Waals surface area contributed by atoms with Gasteiger partial charge in [-0.15, -0.1) is 8.86 Å². The summed E-state index contributed by atoms with van der Waals surface area (Å²) in [5.41, 5.74) is 7.72. The third-order valence-electron chi connectivity index (χ3n) is 4.69. The summed E-state index contributed by atoms with van der Waals surface area (Å²) in [6, 6.07) is 26.2. The fourth-order valence-corrected chi connectivity index (χ4v) is 4.15. The lowest BCUT2D eigenvalue weighted by Gasteiger charge is -2.29. The fourth-order valence-electron chi connectivity index (χ4n) is 3.68. The van der Waals surface area contributed by atoms with Crippen molar-refractivity contribution in [1.82, 2.24) is 0 Å². The van der Waals surface area contributed by atoms with Gasteiger partial charge in [0.15, 0.2) is 0 Å². The zero-order valence-corrected chi connectivity index (χ0v) is 13.5. The van der Waals surface area contributed by atoms with Crippen LogP contribution in [0, 0.1) is 6.92 Å². The quantitative estimate of drug-likeness (QED) is 0.567. The van der Waals surface area contributed by atoms with E-state index in [1.54, 1.807) is 0 Å². The van der Waals surface area contributed by atoms with Crippen LogP contribution < -0.4 is 0 Å². The first-order valence-electron chi connectivity index (χ1n) is 7.55. The number of hydrogen-bond donors (Lipinski definition) is 0. The second-order valence-electron chi connectivity index (χ2n) is 5.91. The van der Waals surface area contributed by atoms with E-state index in [0.29, 0.717) is 0 Å². The van der Waals surface area contributed by atoms with Gasteiger partial charge in [-0.05, 0) is 40.5 Å². The first-order chi connectivity index (χ1) is 10.8. The minimum absolute atomic E-state index is 0.226. The molecule has 0 saturated heterocycles. The lowest BCUT2D eigenvalue weighted by Crippen LogP contribution is -2.27. The predicted molar refractivity (Wildman–Crippen MR) is 97.3 cm³/mol. The molecule has 1 atom stereocenters. The van der Waals surface area contributed by atoms with Gasteiger partial charge in [-0.3, -0.25) is 0 Å². The van der Waals surface area contributed by atoms with Gasteiger partial charge in [-0.25, -0.2) is 0 Å². The van der Waals surface area contributed by atoms with Crippen LogP contribution in [-0.2, 0) is 5.41 Å². The molecule has 0 N–H and O–H groups in total. The van der Waals surface area contributed by atoms with Crippen molar-refractivity contribution < 1.29 is 0 Å². The summed E-state index contributed by atoms with van der Waals surface area (Å²) in [5.74, 6) is 2.16. The maximum atomic E-state index is 3.77. The topological polar surface area (TPSA) is 0 Å².